The average Bonchev–Trinajstić information content (AvgIpc) is 3.19. The third kappa shape index (κ3) is 2.19. The van der Waals surface area contributed by atoms with Crippen molar-refractivity contribution >= 4 is 0 Å². The van der Waals surface area contributed by atoms with Gasteiger partial charge in [0.1, 0.15) is 11.5 Å². The van der Waals surface area contributed by atoms with Crippen molar-refractivity contribution in [2.75, 3.05) is 20.8 Å². The molecule has 2 rings (SSSR count). The smallest absolute Gasteiger partial charge is 0.123 e. The van der Waals surface area contributed by atoms with Crippen LogP contribution >= 0.6 is 0 Å². The fourth-order valence-corrected chi connectivity index (χ4v) is 2.57. The molecule has 0 unspecified atom stereocenters. The van der Waals surface area contributed by atoms with E-state index in [9.17, 15) is 0 Å². The van der Waals surface area contributed by atoms with Gasteiger partial charge in [0, 0.05) is 17.5 Å². The minimum absolute atomic E-state index is 0.128. The van der Waals surface area contributed by atoms with Gasteiger partial charge in [0.25, 0.3) is 0 Å². The van der Waals surface area contributed by atoms with E-state index >= 15 is 0 Å². The number of hydrogen-bond acceptors (Lipinski definition) is 3. The van der Waals surface area contributed by atoms with Crippen LogP contribution in [0.5, 0.6) is 11.5 Å². The monoisotopic (exact) mass is 249 g/mol. The number of benzene rings is 1. The van der Waals surface area contributed by atoms with Crippen LogP contribution in [0.4, 0.5) is 0 Å². The molecule has 1 saturated carbocycles. The van der Waals surface area contributed by atoms with Gasteiger partial charge in [0.2, 0.25) is 0 Å². The molecule has 1 aromatic rings. The molecule has 0 radical (unpaired) electrons. The third-order valence-electron chi connectivity index (χ3n) is 3.94. The van der Waals surface area contributed by atoms with Gasteiger partial charge in [-0.1, -0.05) is 13.3 Å². The van der Waals surface area contributed by atoms with Crippen LogP contribution in [-0.2, 0) is 11.8 Å². The van der Waals surface area contributed by atoms with Gasteiger partial charge in [0.15, 0.2) is 0 Å². The Morgan fingerprint density at radius 3 is 2.28 bits per heavy atom. The van der Waals surface area contributed by atoms with Gasteiger partial charge >= 0.3 is 0 Å². The first-order valence-electron chi connectivity index (χ1n) is 6.66. The summed E-state index contributed by atoms with van der Waals surface area (Å²) in [4.78, 5) is 0. The van der Waals surface area contributed by atoms with Crippen LogP contribution in [0.2, 0.25) is 0 Å². The van der Waals surface area contributed by atoms with Gasteiger partial charge < -0.3 is 15.2 Å². The van der Waals surface area contributed by atoms with E-state index in [4.69, 9.17) is 15.2 Å². The number of nitrogens with two attached hydrogens (primary N) is 1. The lowest BCUT2D eigenvalue weighted by Crippen LogP contribution is -2.20. The second-order valence-electron chi connectivity index (χ2n) is 5.10. The van der Waals surface area contributed by atoms with Gasteiger partial charge in [0.05, 0.1) is 14.2 Å². The quantitative estimate of drug-likeness (QED) is 0.843. The number of aryl methyl sites for hydroxylation is 1. The predicted molar refractivity (Wildman–Crippen MR) is 73.5 cm³/mol. The number of rotatable bonds is 6. The van der Waals surface area contributed by atoms with E-state index in [1.807, 2.05) is 0 Å². The molecule has 3 heteroatoms. The van der Waals surface area contributed by atoms with Crippen molar-refractivity contribution in [2.45, 2.75) is 38.0 Å². The molecule has 1 aromatic carbocycles. The Morgan fingerprint density at radius 2 is 1.83 bits per heavy atom. The van der Waals surface area contributed by atoms with Crippen LogP contribution in [0.1, 0.15) is 37.3 Å². The maximum atomic E-state index is 5.92. The van der Waals surface area contributed by atoms with Gasteiger partial charge in [-0.05, 0) is 37.0 Å². The first kappa shape index (κ1) is 13.2. The summed E-state index contributed by atoms with van der Waals surface area (Å²) in [7, 11) is 3.46. The lowest BCUT2D eigenvalue weighted by molar-refractivity contribution is 0.390. The first-order valence-corrected chi connectivity index (χ1v) is 6.66. The van der Waals surface area contributed by atoms with E-state index in [2.05, 4.69) is 19.1 Å². The first-order chi connectivity index (χ1) is 8.70. The van der Waals surface area contributed by atoms with Crippen LogP contribution in [0, 0.1) is 0 Å². The van der Waals surface area contributed by atoms with Crippen molar-refractivity contribution in [3.63, 3.8) is 0 Å². The van der Waals surface area contributed by atoms with Crippen LogP contribution in [0.25, 0.3) is 0 Å². The molecular formula is C15H23NO2. The predicted octanol–water partition coefficient (Wildman–Crippen LogP) is 2.65. The van der Waals surface area contributed by atoms with Crippen LogP contribution in [-0.4, -0.2) is 20.8 Å². The number of hydrogen-bond donors (Lipinski definition) is 1. The fraction of sp³-hybridized carbons (Fsp3) is 0.600. The molecule has 3 nitrogen and oxygen atoms in total. The minimum Gasteiger partial charge on any atom is -0.496 e. The van der Waals surface area contributed by atoms with E-state index in [1.165, 1.54) is 11.1 Å². The Bertz CT molecular complexity index is 425. The van der Waals surface area contributed by atoms with Crippen molar-refractivity contribution in [1.82, 2.24) is 0 Å². The standard InChI is InChI=1S/C15H23NO2/c1-4-5-11-8-14(18-3)12(9-13(11)17-2)15(10-16)6-7-15/h8-9H,4-7,10,16H2,1-3H3. The summed E-state index contributed by atoms with van der Waals surface area (Å²) in [6.45, 7) is 2.85. The largest absolute Gasteiger partial charge is 0.496 e. The van der Waals surface area contributed by atoms with Gasteiger partial charge in [-0.3, -0.25) is 0 Å². The maximum Gasteiger partial charge on any atom is 0.123 e. The fourth-order valence-electron chi connectivity index (χ4n) is 2.57. The average molecular weight is 249 g/mol. The summed E-state index contributed by atoms with van der Waals surface area (Å²) in [6.07, 6.45) is 4.41. The summed E-state index contributed by atoms with van der Waals surface area (Å²) in [6, 6.07) is 4.25. The molecular weight excluding hydrogens is 226 g/mol. The molecule has 0 heterocycles. The Hall–Kier alpha value is -1.22. The Kier molecular flexibility index (Phi) is 3.81. The molecule has 2 N–H and O–H groups in total. The highest BCUT2D eigenvalue weighted by molar-refractivity contribution is 5.52. The minimum atomic E-state index is 0.128. The zero-order valence-electron chi connectivity index (χ0n) is 11.6. The topological polar surface area (TPSA) is 44.5 Å². The summed E-state index contributed by atoms with van der Waals surface area (Å²) in [5, 5.41) is 0. The third-order valence-corrected chi connectivity index (χ3v) is 3.94. The van der Waals surface area contributed by atoms with Gasteiger partial charge in [-0.25, -0.2) is 0 Å². The molecule has 100 valence electrons. The molecule has 0 aromatic heterocycles. The van der Waals surface area contributed by atoms with Crippen LogP contribution < -0.4 is 15.2 Å². The van der Waals surface area contributed by atoms with Crippen molar-refractivity contribution in [2.24, 2.45) is 5.73 Å². The van der Waals surface area contributed by atoms with E-state index in [1.54, 1.807) is 14.2 Å². The van der Waals surface area contributed by atoms with E-state index < -0.39 is 0 Å². The highest BCUT2D eigenvalue weighted by Crippen LogP contribution is 2.51. The number of methoxy groups -OCH3 is 2. The van der Waals surface area contributed by atoms with Crippen molar-refractivity contribution < 1.29 is 9.47 Å². The highest BCUT2D eigenvalue weighted by atomic mass is 16.5. The van der Waals surface area contributed by atoms with Crippen molar-refractivity contribution in [3.8, 4) is 11.5 Å². The molecule has 18 heavy (non-hydrogen) atoms. The molecule has 0 atom stereocenters. The van der Waals surface area contributed by atoms with E-state index in [0.29, 0.717) is 6.54 Å². The molecule has 0 bridgehead atoms. The highest BCUT2D eigenvalue weighted by Gasteiger charge is 2.45. The second kappa shape index (κ2) is 5.19. The maximum absolute atomic E-state index is 5.92. The lowest BCUT2D eigenvalue weighted by Gasteiger charge is -2.20. The molecule has 0 aliphatic heterocycles. The molecule has 0 spiro atoms. The lowest BCUT2D eigenvalue weighted by atomic mass is 9.92. The van der Waals surface area contributed by atoms with Crippen LogP contribution in [0.3, 0.4) is 0 Å². The normalized spacial score (nSPS) is 16.4. The summed E-state index contributed by atoms with van der Waals surface area (Å²) >= 11 is 0. The van der Waals surface area contributed by atoms with Crippen LogP contribution in [0.15, 0.2) is 12.1 Å². The zero-order valence-corrected chi connectivity index (χ0v) is 11.6. The summed E-state index contributed by atoms with van der Waals surface area (Å²) < 4.78 is 11.1. The zero-order chi connectivity index (χ0) is 13.2. The summed E-state index contributed by atoms with van der Waals surface area (Å²) in [5.41, 5.74) is 8.47. The molecule has 1 aliphatic rings. The molecule has 0 amide bonds. The van der Waals surface area contributed by atoms with Crippen molar-refractivity contribution in [1.29, 1.82) is 0 Å². The van der Waals surface area contributed by atoms with Crippen molar-refractivity contribution in [3.05, 3.63) is 23.3 Å². The molecule has 1 fully saturated rings. The van der Waals surface area contributed by atoms with E-state index in [-0.39, 0.29) is 5.41 Å². The Labute approximate surface area is 109 Å². The number of ether oxygens (including phenoxy) is 2. The second-order valence-corrected chi connectivity index (χ2v) is 5.10. The summed E-state index contributed by atoms with van der Waals surface area (Å²) in [5.74, 6) is 1.93. The molecule has 1 aliphatic carbocycles. The van der Waals surface area contributed by atoms with E-state index in [0.717, 1.165) is 37.2 Å². The van der Waals surface area contributed by atoms with Gasteiger partial charge in [-0.15, -0.1) is 0 Å². The Balaban J connectivity index is 2.46. The van der Waals surface area contributed by atoms with Gasteiger partial charge in [-0.2, -0.15) is 0 Å². The SMILES string of the molecule is CCCc1cc(OC)c(C2(CN)CC2)cc1OC. The Morgan fingerprint density at radius 1 is 1.17 bits per heavy atom. The molecule has 0 saturated heterocycles.